The van der Waals surface area contributed by atoms with E-state index < -0.39 is 0 Å². The van der Waals surface area contributed by atoms with Crippen LogP contribution in [0.2, 0.25) is 5.02 Å². The van der Waals surface area contributed by atoms with Gasteiger partial charge in [0.15, 0.2) is 0 Å². The molecule has 1 unspecified atom stereocenters. The summed E-state index contributed by atoms with van der Waals surface area (Å²) < 4.78 is 0. The van der Waals surface area contributed by atoms with Crippen molar-refractivity contribution in [1.29, 1.82) is 0 Å². The van der Waals surface area contributed by atoms with Crippen LogP contribution in [0.25, 0.3) is 0 Å². The minimum absolute atomic E-state index is 0.0608. The zero-order valence-corrected chi connectivity index (χ0v) is 13.0. The molecule has 0 saturated heterocycles. The fraction of sp³-hybridized carbons (Fsp3) is 0.571. The summed E-state index contributed by atoms with van der Waals surface area (Å²) in [4.78, 5) is 20.6. The third kappa shape index (κ3) is 4.18. The van der Waals surface area contributed by atoms with Crippen LogP contribution in [0.5, 0.6) is 0 Å². The lowest BCUT2D eigenvalue weighted by molar-refractivity contribution is 0.0679. The molecule has 0 fully saturated rings. The van der Waals surface area contributed by atoms with Gasteiger partial charge in [0.05, 0.1) is 10.6 Å². The highest BCUT2D eigenvalue weighted by molar-refractivity contribution is 6.33. The standard InChI is InChI=1S/C14H22ClN3O/c1-6-18(11(3)9-17(4)5)14(19)12-8-16-10(2)7-13(12)15/h7-8,11H,6,9H2,1-5H3. The van der Waals surface area contributed by atoms with Gasteiger partial charge in [0, 0.05) is 31.0 Å². The Balaban J connectivity index is 2.95. The van der Waals surface area contributed by atoms with Crippen LogP contribution in [0.15, 0.2) is 12.3 Å². The fourth-order valence-corrected chi connectivity index (χ4v) is 2.41. The summed E-state index contributed by atoms with van der Waals surface area (Å²) in [5.74, 6) is -0.0608. The summed E-state index contributed by atoms with van der Waals surface area (Å²) in [5, 5.41) is 0.466. The first kappa shape index (κ1) is 15.9. The van der Waals surface area contributed by atoms with E-state index >= 15 is 0 Å². The van der Waals surface area contributed by atoms with Gasteiger partial charge in [0.2, 0.25) is 0 Å². The summed E-state index contributed by atoms with van der Waals surface area (Å²) in [6.45, 7) is 7.33. The van der Waals surface area contributed by atoms with Crippen molar-refractivity contribution in [3.8, 4) is 0 Å². The molecule has 0 saturated carbocycles. The lowest BCUT2D eigenvalue weighted by Crippen LogP contribution is -2.43. The zero-order valence-electron chi connectivity index (χ0n) is 12.3. The summed E-state index contributed by atoms with van der Waals surface area (Å²) in [6, 6.07) is 1.85. The predicted molar refractivity (Wildman–Crippen MR) is 78.7 cm³/mol. The van der Waals surface area contributed by atoms with Crippen molar-refractivity contribution in [3.63, 3.8) is 0 Å². The molecule has 4 nitrogen and oxygen atoms in total. The predicted octanol–water partition coefficient (Wildman–Crippen LogP) is 2.46. The van der Waals surface area contributed by atoms with Crippen LogP contribution in [-0.4, -0.2) is 53.9 Å². The number of amides is 1. The maximum Gasteiger partial charge on any atom is 0.257 e. The topological polar surface area (TPSA) is 36.4 Å². The third-order valence-corrected chi connectivity index (χ3v) is 3.30. The lowest BCUT2D eigenvalue weighted by Gasteiger charge is -2.30. The number of likely N-dealkylation sites (N-methyl/N-ethyl adjacent to an activating group) is 2. The highest BCUT2D eigenvalue weighted by Crippen LogP contribution is 2.19. The van der Waals surface area contributed by atoms with E-state index in [1.54, 1.807) is 12.3 Å². The van der Waals surface area contributed by atoms with Crippen LogP contribution in [0.1, 0.15) is 29.9 Å². The van der Waals surface area contributed by atoms with Gasteiger partial charge in [-0.15, -0.1) is 0 Å². The van der Waals surface area contributed by atoms with Crippen molar-refractivity contribution < 1.29 is 4.79 Å². The summed E-state index contributed by atoms with van der Waals surface area (Å²) in [6.07, 6.45) is 1.56. The van der Waals surface area contributed by atoms with Crippen LogP contribution in [0.3, 0.4) is 0 Å². The molecule has 19 heavy (non-hydrogen) atoms. The van der Waals surface area contributed by atoms with Crippen molar-refractivity contribution in [2.24, 2.45) is 0 Å². The first-order valence-corrected chi connectivity index (χ1v) is 6.82. The average Bonchev–Trinajstić information content (AvgIpc) is 2.28. The second-order valence-corrected chi connectivity index (χ2v) is 5.42. The third-order valence-electron chi connectivity index (χ3n) is 2.98. The van der Waals surface area contributed by atoms with Crippen LogP contribution >= 0.6 is 11.6 Å². The number of aromatic nitrogens is 1. The molecule has 1 amide bonds. The Hall–Kier alpha value is -1.13. The number of aryl methyl sites for hydroxylation is 1. The molecule has 1 heterocycles. The van der Waals surface area contributed by atoms with E-state index in [0.717, 1.165) is 12.2 Å². The Morgan fingerprint density at radius 1 is 1.47 bits per heavy atom. The van der Waals surface area contributed by atoms with Gasteiger partial charge in [0.25, 0.3) is 5.91 Å². The molecule has 0 N–H and O–H groups in total. The molecule has 0 spiro atoms. The maximum absolute atomic E-state index is 12.5. The molecular formula is C14H22ClN3O. The van der Waals surface area contributed by atoms with Gasteiger partial charge in [0.1, 0.15) is 0 Å². The number of rotatable bonds is 5. The minimum atomic E-state index is -0.0608. The molecule has 1 atom stereocenters. The van der Waals surface area contributed by atoms with Crippen molar-refractivity contribution in [3.05, 3.63) is 28.5 Å². The number of pyridine rings is 1. The normalized spacial score (nSPS) is 12.6. The maximum atomic E-state index is 12.5. The lowest BCUT2D eigenvalue weighted by atomic mass is 10.2. The molecule has 0 aliphatic carbocycles. The van der Waals surface area contributed by atoms with Gasteiger partial charge in [-0.05, 0) is 40.9 Å². The van der Waals surface area contributed by atoms with E-state index in [-0.39, 0.29) is 11.9 Å². The number of halogens is 1. The van der Waals surface area contributed by atoms with Crippen LogP contribution < -0.4 is 0 Å². The molecule has 0 aromatic carbocycles. The Morgan fingerprint density at radius 2 is 2.11 bits per heavy atom. The smallest absolute Gasteiger partial charge is 0.257 e. The van der Waals surface area contributed by atoms with Gasteiger partial charge < -0.3 is 9.80 Å². The second kappa shape index (κ2) is 6.87. The van der Waals surface area contributed by atoms with E-state index in [1.165, 1.54) is 0 Å². The molecule has 0 bridgehead atoms. The molecule has 1 aromatic heterocycles. The molecule has 1 aromatic rings. The summed E-state index contributed by atoms with van der Waals surface area (Å²) in [5.41, 5.74) is 1.28. The highest BCUT2D eigenvalue weighted by atomic mass is 35.5. The fourth-order valence-electron chi connectivity index (χ4n) is 2.12. The summed E-state index contributed by atoms with van der Waals surface area (Å²) in [7, 11) is 3.99. The Bertz CT molecular complexity index is 448. The van der Waals surface area contributed by atoms with E-state index in [9.17, 15) is 4.79 Å². The first-order valence-electron chi connectivity index (χ1n) is 6.44. The number of nitrogens with zero attached hydrogens (tertiary/aromatic N) is 3. The molecule has 5 heteroatoms. The van der Waals surface area contributed by atoms with Crippen molar-refractivity contribution in [2.75, 3.05) is 27.2 Å². The SMILES string of the molecule is CCN(C(=O)c1cnc(C)cc1Cl)C(C)CN(C)C. The number of carbonyl (C=O) groups excluding carboxylic acids is 1. The molecule has 0 aliphatic heterocycles. The van der Waals surface area contributed by atoms with Crippen LogP contribution in [0.4, 0.5) is 0 Å². The molecule has 106 valence electrons. The quantitative estimate of drug-likeness (QED) is 0.833. The minimum Gasteiger partial charge on any atom is -0.335 e. The first-order chi connectivity index (χ1) is 8.86. The van der Waals surface area contributed by atoms with Gasteiger partial charge in [-0.2, -0.15) is 0 Å². The second-order valence-electron chi connectivity index (χ2n) is 5.01. The van der Waals surface area contributed by atoms with Crippen LogP contribution in [-0.2, 0) is 0 Å². The highest BCUT2D eigenvalue weighted by Gasteiger charge is 2.22. The molecule has 1 rings (SSSR count). The Morgan fingerprint density at radius 3 is 2.58 bits per heavy atom. The van der Waals surface area contributed by atoms with E-state index in [0.29, 0.717) is 17.1 Å². The number of hydrogen-bond donors (Lipinski definition) is 0. The van der Waals surface area contributed by atoms with E-state index in [4.69, 9.17) is 11.6 Å². The van der Waals surface area contributed by atoms with Crippen molar-refractivity contribution in [1.82, 2.24) is 14.8 Å². The largest absolute Gasteiger partial charge is 0.335 e. The van der Waals surface area contributed by atoms with Crippen molar-refractivity contribution >= 4 is 17.5 Å². The summed E-state index contributed by atoms with van der Waals surface area (Å²) >= 11 is 6.14. The number of carbonyl (C=O) groups is 1. The van der Waals surface area contributed by atoms with Gasteiger partial charge >= 0.3 is 0 Å². The average molecular weight is 284 g/mol. The van der Waals surface area contributed by atoms with Crippen molar-refractivity contribution in [2.45, 2.75) is 26.8 Å². The number of hydrogen-bond acceptors (Lipinski definition) is 3. The Labute approximate surface area is 120 Å². The molecule has 0 radical (unpaired) electrons. The van der Waals surface area contributed by atoms with E-state index in [2.05, 4.69) is 9.88 Å². The Kier molecular flexibility index (Phi) is 5.76. The van der Waals surface area contributed by atoms with E-state index in [1.807, 2.05) is 39.8 Å². The zero-order chi connectivity index (χ0) is 14.6. The molecule has 0 aliphatic rings. The van der Waals surface area contributed by atoms with Gasteiger partial charge in [-0.25, -0.2) is 0 Å². The van der Waals surface area contributed by atoms with Gasteiger partial charge in [-0.3, -0.25) is 9.78 Å². The van der Waals surface area contributed by atoms with Gasteiger partial charge in [-0.1, -0.05) is 11.6 Å². The van der Waals surface area contributed by atoms with Crippen LogP contribution in [0, 0.1) is 6.92 Å². The monoisotopic (exact) mass is 283 g/mol. The molecular weight excluding hydrogens is 262 g/mol.